The second-order valence-corrected chi connectivity index (χ2v) is 3.15. The highest BCUT2D eigenvalue weighted by molar-refractivity contribution is 6.43. The van der Waals surface area contributed by atoms with E-state index in [1.54, 1.807) is 19.3 Å². The molecule has 0 fully saturated rings. The number of ketones is 1. The van der Waals surface area contributed by atoms with E-state index in [1.807, 2.05) is 13.0 Å². The summed E-state index contributed by atoms with van der Waals surface area (Å²) in [5.74, 6) is 0.752. The van der Waals surface area contributed by atoms with E-state index in [4.69, 9.17) is 4.74 Å². The number of rotatable bonds is 3. The van der Waals surface area contributed by atoms with Gasteiger partial charge >= 0.3 is 0 Å². The molecule has 76 valence electrons. The van der Waals surface area contributed by atoms with Gasteiger partial charge in [-0.25, -0.2) is 0 Å². The monoisotopic (exact) mass is 193 g/mol. The SMILES string of the molecule is CCC1C=C(OC)C=CC(C(C)=O)=N1. The number of nitrogens with zero attached hydrogens (tertiary/aromatic N) is 1. The van der Waals surface area contributed by atoms with Gasteiger partial charge in [-0.2, -0.15) is 0 Å². The first kappa shape index (κ1) is 10.7. The lowest BCUT2D eigenvalue weighted by Crippen LogP contribution is -2.10. The summed E-state index contributed by atoms with van der Waals surface area (Å²) in [5.41, 5.74) is 0.514. The number of carbonyl (C=O) groups excluding carboxylic acids is 1. The maximum absolute atomic E-state index is 11.2. The van der Waals surface area contributed by atoms with Crippen LogP contribution in [-0.2, 0) is 9.53 Å². The van der Waals surface area contributed by atoms with Crippen LogP contribution in [0.15, 0.2) is 29.0 Å². The van der Waals surface area contributed by atoms with E-state index in [1.165, 1.54) is 6.92 Å². The van der Waals surface area contributed by atoms with Crippen LogP contribution < -0.4 is 0 Å². The summed E-state index contributed by atoms with van der Waals surface area (Å²) in [4.78, 5) is 15.5. The Morgan fingerprint density at radius 1 is 1.57 bits per heavy atom. The fourth-order valence-corrected chi connectivity index (χ4v) is 1.22. The van der Waals surface area contributed by atoms with Crippen LogP contribution in [0.1, 0.15) is 20.3 Å². The molecule has 3 nitrogen and oxygen atoms in total. The topological polar surface area (TPSA) is 38.7 Å². The fourth-order valence-electron chi connectivity index (χ4n) is 1.22. The molecule has 0 N–H and O–H groups in total. The summed E-state index contributed by atoms with van der Waals surface area (Å²) in [6.45, 7) is 3.55. The molecule has 1 unspecified atom stereocenters. The molecule has 0 amide bonds. The van der Waals surface area contributed by atoms with Crippen molar-refractivity contribution in [1.29, 1.82) is 0 Å². The highest BCUT2D eigenvalue weighted by atomic mass is 16.5. The Labute approximate surface area is 84.2 Å². The van der Waals surface area contributed by atoms with Gasteiger partial charge in [0.25, 0.3) is 0 Å². The molecule has 0 bridgehead atoms. The zero-order valence-electron chi connectivity index (χ0n) is 8.78. The number of methoxy groups -OCH3 is 1. The lowest BCUT2D eigenvalue weighted by molar-refractivity contribution is -0.111. The van der Waals surface area contributed by atoms with Crippen LogP contribution >= 0.6 is 0 Å². The minimum absolute atomic E-state index is 0.00884. The van der Waals surface area contributed by atoms with Gasteiger partial charge in [-0.1, -0.05) is 6.92 Å². The van der Waals surface area contributed by atoms with E-state index >= 15 is 0 Å². The lowest BCUT2D eigenvalue weighted by Gasteiger charge is -2.04. The van der Waals surface area contributed by atoms with Crippen LogP contribution in [0.4, 0.5) is 0 Å². The van der Waals surface area contributed by atoms with E-state index in [2.05, 4.69) is 4.99 Å². The molecule has 1 aliphatic rings. The number of ether oxygens (including phenoxy) is 1. The van der Waals surface area contributed by atoms with E-state index in [-0.39, 0.29) is 11.8 Å². The predicted octanol–water partition coefficient (Wildman–Crippen LogP) is 1.90. The Kier molecular flexibility index (Phi) is 3.63. The van der Waals surface area contributed by atoms with Crippen molar-refractivity contribution in [3.8, 4) is 0 Å². The summed E-state index contributed by atoms with van der Waals surface area (Å²) < 4.78 is 5.12. The first-order valence-electron chi connectivity index (χ1n) is 4.70. The second kappa shape index (κ2) is 4.74. The van der Waals surface area contributed by atoms with Crippen molar-refractivity contribution >= 4 is 11.5 Å². The van der Waals surface area contributed by atoms with E-state index in [9.17, 15) is 4.79 Å². The summed E-state index contributed by atoms with van der Waals surface area (Å²) in [7, 11) is 1.61. The van der Waals surface area contributed by atoms with E-state index in [0.29, 0.717) is 5.71 Å². The minimum atomic E-state index is -0.00884. The molecule has 3 heteroatoms. The van der Waals surface area contributed by atoms with Crippen LogP contribution in [-0.4, -0.2) is 24.6 Å². The van der Waals surface area contributed by atoms with Gasteiger partial charge in [0.15, 0.2) is 5.78 Å². The number of carbonyl (C=O) groups is 1. The van der Waals surface area contributed by atoms with Crippen LogP contribution in [0.5, 0.6) is 0 Å². The van der Waals surface area contributed by atoms with E-state index < -0.39 is 0 Å². The molecule has 1 rings (SSSR count). The molecule has 0 radical (unpaired) electrons. The molecule has 0 aliphatic carbocycles. The average Bonchev–Trinajstić information content (AvgIpc) is 2.39. The van der Waals surface area contributed by atoms with Crippen LogP contribution in [0.3, 0.4) is 0 Å². The van der Waals surface area contributed by atoms with Crippen molar-refractivity contribution < 1.29 is 9.53 Å². The van der Waals surface area contributed by atoms with Crippen LogP contribution in [0, 0.1) is 0 Å². The van der Waals surface area contributed by atoms with Crippen molar-refractivity contribution in [3.63, 3.8) is 0 Å². The number of Topliss-reactive ketones (excluding diaryl/α,β-unsaturated/α-hetero) is 1. The van der Waals surface area contributed by atoms with Crippen molar-refractivity contribution in [3.05, 3.63) is 24.0 Å². The van der Waals surface area contributed by atoms with Crippen LogP contribution in [0.2, 0.25) is 0 Å². The quantitative estimate of drug-likeness (QED) is 0.686. The number of hydrogen-bond acceptors (Lipinski definition) is 3. The third-order valence-electron chi connectivity index (χ3n) is 2.08. The summed E-state index contributed by atoms with van der Waals surface area (Å²) in [6, 6.07) is 0.0406. The first-order valence-corrected chi connectivity index (χ1v) is 4.70. The maximum Gasteiger partial charge on any atom is 0.177 e. The molecule has 0 aromatic rings. The van der Waals surface area contributed by atoms with Gasteiger partial charge in [-0.3, -0.25) is 9.79 Å². The van der Waals surface area contributed by atoms with Crippen molar-refractivity contribution in [1.82, 2.24) is 0 Å². The zero-order chi connectivity index (χ0) is 10.6. The van der Waals surface area contributed by atoms with Crippen molar-refractivity contribution in [2.45, 2.75) is 26.3 Å². The summed E-state index contributed by atoms with van der Waals surface area (Å²) in [6.07, 6.45) is 6.26. The normalized spacial score (nSPS) is 20.9. The van der Waals surface area contributed by atoms with Crippen LogP contribution in [0.25, 0.3) is 0 Å². The molecular weight excluding hydrogens is 178 g/mol. The van der Waals surface area contributed by atoms with Gasteiger partial charge in [0.2, 0.25) is 0 Å². The van der Waals surface area contributed by atoms with Gasteiger partial charge < -0.3 is 4.74 Å². The Morgan fingerprint density at radius 2 is 2.29 bits per heavy atom. The zero-order valence-corrected chi connectivity index (χ0v) is 8.78. The van der Waals surface area contributed by atoms with Crippen molar-refractivity contribution in [2.24, 2.45) is 4.99 Å². The number of hydrogen-bond donors (Lipinski definition) is 0. The van der Waals surface area contributed by atoms with Gasteiger partial charge in [0.1, 0.15) is 11.5 Å². The summed E-state index contributed by atoms with van der Waals surface area (Å²) >= 11 is 0. The first-order chi connectivity index (χ1) is 6.67. The van der Waals surface area contributed by atoms with Gasteiger partial charge in [-0.15, -0.1) is 0 Å². The molecule has 1 atom stereocenters. The molecule has 1 heterocycles. The molecule has 0 spiro atoms. The third-order valence-corrected chi connectivity index (χ3v) is 2.08. The highest BCUT2D eigenvalue weighted by Crippen LogP contribution is 2.11. The molecule has 0 aromatic heterocycles. The smallest absolute Gasteiger partial charge is 0.177 e. The maximum atomic E-state index is 11.2. The van der Waals surface area contributed by atoms with E-state index in [0.717, 1.165) is 12.2 Å². The highest BCUT2D eigenvalue weighted by Gasteiger charge is 2.10. The molecular formula is C11H15NO2. The third kappa shape index (κ3) is 2.55. The summed E-state index contributed by atoms with van der Waals surface area (Å²) in [5, 5.41) is 0. The Hall–Kier alpha value is -1.38. The standard InChI is InChI=1S/C11H15NO2/c1-4-9-7-10(14-3)5-6-11(12-9)8(2)13/h5-7,9H,4H2,1-3H3. The van der Waals surface area contributed by atoms with Crippen molar-refractivity contribution in [2.75, 3.05) is 7.11 Å². The molecule has 0 saturated carbocycles. The molecule has 0 saturated heterocycles. The number of aliphatic imine (C=N–C) groups is 1. The lowest BCUT2D eigenvalue weighted by atomic mass is 10.2. The molecule has 14 heavy (non-hydrogen) atoms. The predicted molar refractivity (Wildman–Crippen MR) is 56.4 cm³/mol. The Morgan fingerprint density at radius 3 is 2.79 bits per heavy atom. The molecule has 0 aromatic carbocycles. The Bertz CT molecular complexity index is 313. The van der Waals surface area contributed by atoms with Gasteiger partial charge in [0.05, 0.1) is 13.2 Å². The Balaban J connectivity index is 2.95. The fraction of sp³-hybridized carbons (Fsp3) is 0.455. The molecule has 1 aliphatic heterocycles. The largest absolute Gasteiger partial charge is 0.497 e. The second-order valence-electron chi connectivity index (χ2n) is 3.15. The van der Waals surface area contributed by atoms with Gasteiger partial charge in [0, 0.05) is 6.92 Å². The van der Waals surface area contributed by atoms with Gasteiger partial charge in [-0.05, 0) is 24.6 Å². The minimum Gasteiger partial charge on any atom is -0.497 e. The number of allylic oxidation sites excluding steroid dienone is 2. The average molecular weight is 193 g/mol.